The molecule has 1 aromatic heterocycles. The van der Waals surface area contributed by atoms with Gasteiger partial charge in [0.25, 0.3) is 11.9 Å². The van der Waals surface area contributed by atoms with Crippen molar-refractivity contribution in [2.75, 3.05) is 11.1 Å². The highest BCUT2D eigenvalue weighted by atomic mass is 32.2. The van der Waals surface area contributed by atoms with Crippen molar-refractivity contribution in [1.82, 2.24) is 20.4 Å². The molecule has 0 aliphatic heterocycles. The lowest BCUT2D eigenvalue weighted by Gasteiger charge is -2.21. The van der Waals surface area contributed by atoms with Crippen molar-refractivity contribution in [3.05, 3.63) is 41.2 Å². The molecular formula is C14H14N6O4S. The van der Waals surface area contributed by atoms with Gasteiger partial charge in [-0.15, -0.1) is 6.57 Å². The minimum Gasteiger partial charge on any atom is -0.391 e. The molecular weight excluding hydrogens is 348 g/mol. The fraction of sp³-hybridized carbons (Fsp3) is 0.286. The Kier molecular flexibility index (Phi) is 5.05. The first kappa shape index (κ1) is 18.4. The number of carbonyl (C=O) groups excluding carboxylic acids is 1. The Bertz CT molecular complexity index is 917. The third kappa shape index (κ3) is 4.52. The Morgan fingerprint density at radius 2 is 1.80 bits per heavy atom. The van der Waals surface area contributed by atoms with Gasteiger partial charge in [-0.2, -0.15) is 0 Å². The Morgan fingerprint density at radius 1 is 1.24 bits per heavy atom. The highest BCUT2D eigenvalue weighted by molar-refractivity contribution is 7.91. The van der Waals surface area contributed by atoms with Gasteiger partial charge in [-0.25, -0.2) is 8.42 Å². The minimum absolute atomic E-state index is 0.00725. The van der Waals surface area contributed by atoms with Gasteiger partial charge >= 0.3 is 5.95 Å². The van der Waals surface area contributed by atoms with Crippen LogP contribution in [0.1, 0.15) is 12.5 Å². The summed E-state index contributed by atoms with van der Waals surface area (Å²) in [5.41, 5.74) is -1.37. The van der Waals surface area contributed by atoms with E-state index in [2.05, 4.69) is 30.6 Å². The average molecular weight is 362 g/mol. The summed E-state index contributed by atoms with van der Waals surface area (Å²) in [6, 6.07) is 6.04. The largest absolute Gasteiger partial charge is 0.415 e. The molecule has 1 heterocycles. The van der Waals surface area contributed by atoms with E-state index in [1.54, 1.807) is 19.1 Å². The van der Waals surface area contributed by atoms with E-state index in [4.69, 9.17) is 6.57 Å². The summed E-state index contributed by atoms with van der Waals surface area (Å²) in [4.78, 5) is 15.0. The predicted molar refractivity (Wildman–Crippen MR) is 86.4 cm³/mol. The molecule has 0 spiro atoms. The third-order valence-corrected chi connectivity index (χ3v) is 5.07. The summed E-state index contributed by atoms with van der Waals surface area (Å²) in [5.74, 6) is -2.55. The number of nitrogens with zero attached hydrogens (tertiary/aromatic N) is 5. The molecule has 1 aromatic carbocycles. The van der Waals surface area contributed by atoms with Crippen LogP contribution in [0.2, 0.25) is 0 Å². The molecule has 0 saturated heterocycles. The summed E-state index contributed by atoms with van der Waals surface area (Å²) in [5, 5.41) is 26.0. The summed E-state index contributed by atoms with van der Waals surface area (Å²) in [6.07, 6.45) is 0. The van der Waals surface area contributed by atoms with Crippen molar-refractivity contribution < 1.29 is 18.3 Å². The van der Waals surface area contributed by atoms with Gasteiger partial charge < -0.3 is 9.95 Å². The molecule has 1 atom stereocenters. The van der Waals surface area contributed by atoms with Crippen LogP contribution in [0.5, 0.6) is 0 Å². The molecule has 11 heteroatoms. The molecule has 2 aromatic rings. The number of aryl methyl sites for hydroxylation is 1. The van der Waals surface area contributed by atoms with Crippen LogP contribution in [-0.4, -0.2) is 51.2 Å². The van der Waals surface area contributed by atoms with Crippen molar-refractivity contribution >= 4 is 27.6 Å². The average Bonchev–Trinajstić information content (AvgIpc) is 2.55. The number of aliphatic hydroxyl groups is 1. The second-order valence-electron chi connectivity index (χ2n) is 5.44. The highest BCUT2D eigenvalue weighted by Gasteiger charge is 2.37. The first-order valence-electron chi connectivity index (χ1n) is 6.92. The minimum atomic E-state index is -3.91. The van der Waals surface area contributed by atoms with Crippen LogP contribution in [0, 0.1) is 13.5 Å². The molecule has 0 bridgehead atoms. The monoisotopic (exact) mass is 362 g/mol. The van der Waals surface area contributed by atoms with Crippen molar-refractivity contribution in [1.29, 1.82) is 0 Å². The number of anilines is 1. The molecule has 1 amide bonds. The molecule has 0 aliphatic rings. The molecule has 0 saturated carbocycles. The number of hydrogen-bond acceptors (Lipinski definition) is 8. The topological polar surface area (TPSA) is 139 Å². The standard InChI is InChI=1S/C14H14N6O4S/c1-9-4-6-10(7-5-9)25(23,24)8-14(2,22)11(21)16-13-19-17-12(15-3)18-20-13/h4-7,22H,8H2,1-2H3,(H,16,19,20,21)/t14-/m0/s1. The van der Waals surface area contributed by atoms with E-state index < -0.39 is 27.1 Å². The van der Waals surface area contributed by atoms with Crippen LogP contribution in [0.15, 0.2) is 29.2 Å². The molecule has 2 rings (SSSR count). The van der Waals surface area contributed by atoms with E-state index in [9.17, 15) is 18.3 Å². The Hall–Kier alpha value is -2.97. The quantitative estimate of drug-likeness (QED) is 0.723. The van der Waals surface area contributed by atoms with Crippen LogP contribution in [0.25, 0.3) is 4.85 Å². The lowest BCUT2D eigenvalue weighted by Crippen LogP contribution is -2.46. The molecule has 25 heavy (non-hydrogen) atoms. The maximum absolute atomic E-state index is 12.4. The second-order valence-corrected chi connectivity index (χ2v) is 7.43. The molecule has 2 N–H and O–H groups in total. The normalized spacial score (nSPS) is 13.5. The fourth-order valence-corrected chi connectivity index (χ4v) is 3.41. The van der Waals surface area contributed by atoms with Gasteiger partial charge in [0.05, 0.1) is 10.6 Å². The molecule has 0 fully saturated rings. The molecule has 0 aliphatic carbocycles. The van der Waals surface area contributed by atoms with Crippen molar-refractivity contribution in [3.63, 3.8) is 0 Å². The van der Waals surface area contributed by atoms with Crippen LogP contribution in [-0.2, 0) is 14.6 Å². The number of benzene rings is 1. The highest BCUT2D eigenvalue weighted by Crippen LogP contribution is 2.18. The van der Waals surface area contributed by atoms with E-state index in [0.717, 1.165) is 12.5 Å². The van der Waals surface area contributed by atoms with Crippen molar-refractivity contribution in [2.45, 2.75) is 24.3 Å². The van der Waals surface area contributed by atoms with Crippen molar-refractivity contribution in [2.24, 2.45) is 0 Å². The number of nitrogens with one attached hydrogen (secondary N) is 1. The SMILES string of the molecule is [C-]#[N+]c1nnc(NC(=O)[C@@](C)(O)CS(=O)(=O)c2ccc(C)cc2)nn1. The summed E-state index contributed by atoms with van der Waals surface area (Å²) in [6.45, 7) is 9.54. The summed E-state index contributed by atoms with van der Waals surface area (Å²) < 4.78 is 24.7. The van der Waals surface area contributed by atoms with Gasteiger partial charge in [0.15, 0.2) is 15.4 Å². The van der Waals surface area contributed by atoms with Gasteiger partial charge in [0, 0.05) is 0 Å². The number of rotatable bonds is 5. The van der Waals surface area contributed by atoms with Crippen LogP contribution in [0.3, 0.4) is 0 Å². The van der Waals surface area contributed by atoms with E-state index in [0.29, 0.717) is 0 Å². The predicted octanol–water partition coefficient (Wildman–Crippen LogP) is 0.289. The maximum Gasteiger partial charge on any atom is 0.415 e. The summed E-state index contributed by atoms with van der Waals surface area (Å²) in [7, 11) is -3.91. The van der Waals surface area contributed by atoms with Gasteiger partial charge in [-0.3, -0.25) is 10.1 Å². The zero-order chi connectivity index (χ0) is 18.7. The number of aromatic nitrogens is 4. The van der Waals surface area contributed by atoms with Crippen LogP contribution >= 0.6 is 0 Å². The van der Waals surface area contributed by atoms with E-state index in [1.165, 1.54) is 12.1 Å². The van der Waals surface area contributed by atoms with Gasteiger partial charge in [0.1, 0.15) is 0 Å². The number of amides is 1. The third-order valence-electron chi connectivity index (χ3n) is 3.13. The maximum atomic E-state index is 12.4. The Labute approximate surface area is 143 Å². The Morgan fingerprint density at radius 3 is 2.32 bits per heavy atom. The summed E-state index contributed by atoms with van der Waals surface area (Å²) >= 11 is 0. The van der Waals surface area contributed by atoms with E-state index in [-0.39, 0.29) is 16.8 Å². The fourth-order valence-electron chi connectivity index (χ4n) is 1.82. The number of hydrogen-bond donors (Lipinski definition) is 2. The number of sulfone groups is 1. The van der Waals surface area contributed by atoms with Gasteiger partial charge in [-0.05, 0) is 46.4 Å². The Balaban J connectivity index is 2.14. The first-order valence-corrected chi connectivity index (χ1v) is 8.57. The molecule has 0 unspecified atom stereocenters. The molecule has 130 valence electrons. The first-order chi connectivity index (χ1) is 11.6. The van der Waals surface area contributed by atoms with E-state index >= 15 is 0 Å². The second kappa shape index (κ2) is 6.88. The lowest BCUT2D eigenvalue weighted by molar-refractivity contribution is -0.130. The zero-order valence-electron chi connectivity index (χ0n) is 13.3. The zero-order valence-corrected chi connectivity index (χ0v) is 14.1. The molecule has 0 radical (unpaired) electrons. The van der Waals surface area contributed by atoms with E-state index in [1.807, 2.05) is 0 Å². The smallest absolute Gasteiger partial charge is 0.391 e. The van der Waals surface area contributed by atoms with Crippen LogP contribution in [0.4, 0.5) is 11.9 Å². The van der Waals surface area contributed by atoms with Crippen LogP contribution < -0.4 is 5.32 Å². The molecule has 10 nitrogen and oxygen atoms in total. The van der Waals surface area contributed by atoms with Crippen molar-refractivity contribution in [3.8, 4) is 0 Å². The van der Waals surface area contributed by atoms with Gasteiger partial charge in [-0.1, -0.05) is 17.7 Å². The lowest BCUT2D eigenvalue weighted by atomic mass is 10.1. The number of carbonyl (C=O) groups is 1. The van der Waals surface area contributed by atoms with Gasteiger partial charge in [0.2, 0.25) is 0 Å².